The lowest BCUT2D eigenvalue weighted by Gasteiger charge is -2.15. The first-order valence-corrected chi connectivity index (χ1v) is 16.3. The topological polar surface area (TPSA) is 125 Å². The van der Waals surface area contributed by atoms with Crippen LogP contribution >= 0.6 is 0 Å². The van der Waals surface area contributed by atoms with E-state index < -0.39 is 0 Å². The van der Waals surface area contributed by atoms with Gasteiger partial charge in [-0.25, -0.2) is 14.4 Å². The van der Waals surface area contributed by atoms with Crippen molar-refractivity contribution in [1.29, 1.82) is 0 Å². The molecule has 1 saturated heterocycles. The second-order valence-electron chi connectivity index (χ2n) is 12.5. The fourth-order valence-electron chi connectivity index (χ4n) is 6.78. The number of nitrogens with one attached hydrogen (secondary N) is 3. The van der Waals surface area contributed by atoms with Crippen molar-refractivity contribution in [2.45, 2.75) is 38.5 Å². The number of nitrogens with zero attached hydrogens (tertiary/aromatic N) is 5. The Labute approximate surface area is 270 Å². The molecule has 0 unspecified atom stereocenters. The number of benzene rings is 2. The number of fused-ring (bicyclic) bond motifs is 2. The van der Waals surface area contributed by atoms with Crippen LogP contribution in [-0.4, -0.2) is 67.2 Å². The molecule has 6 aromatic rings. The Morgan fingerprint density at radius 3 is 2.68 bits per heavy atom. The van der Waals surface area contributed by atoms with Crippen molar-refractivity contribution in [3.05, 3.63) is 72.8 Å². The molecule has 5 heterocycles. The average molecular weight is 631 g/mol. The maximum Gasteiger partial charge on any atom is 0.227 e. The van der Waals surface area contributed by atoms with Crippen LogP contribution in [0, 0.1) is 11.7 Å². The van der Waals surface area contributed by atoms with E-state index in [4.69, 9.17) is 14.7 Å². The Hall–Kier alpha value is -5.16. The Morgan fingerprint density at radius 2 is 1.81 bits per heavy atom. The van der Waals surface area contributed by atoms with Gasteiger partial charge < -0.3 is 15.0 Å². The van der Waals surface area contributed by atoms with Crippen LogP contribution in [0.1, 0.15) is 38.5 Å². The Balaban J connectivity index is 1.08. The van der Waals surface area contributed by atoms with Gasteiger partial charge in [0, 0.05) is 35.9 Å². The molecule has 47 heavy (non-hydrogen) atoms. The van der Waals surface area contributed by atoms with Crippen LogP contribution in [0.15, 0.2) is 67.0 Å². The molecule has 238 valence electrons. The standard InChI is InChI=1S/C36H35FN8O2/c37-25-16-23(18-27(19-25)47-15-14-45-12-3-4-13-45)28-8-5-9-30-32(28)42-35(41-30)34-33-31(43-44-34)11-10-29(40-33)24-17-26(21-38-20-24)39-36(46)22-6-1-2-7-22/h5,8-11,16-22H,1-4,6-7,12-15H2,(H,39,46)(H,41,42)(H,43,44). The number of carbonyl (C=O) groups excluding carboxylic acids is 1. The zero-order chi connectivity index (χ0) is 31.7. The molecular weight excluding hydrogens is 595 g/mol. The predicted molar refractivity (Wildman–Crippen MR) is 179 cm³/mol. The summed E-state index contributed by atoms with van der Waals surface area (Å²) in [7, 11) is 0. The summed E-state index contributed by atoms with van der Waals surface area (Å²) >= 11 is 0. The molecule has 1 aliphatic carbocycles. The lowest BCUT2D eigenvalue weighted by atomic mass is 10.0. The van der Waals surface area contributed by atoms with Crippen LogP contribution in [0.2, 0.25) is 0 Å². The van der Waals surface area contributed by atoms with Crippen LogP contribution in [0.25, 0.3) is 56.0 Å². The minimum atomic E-state index is -0.363. The zero-order valence-electron chi connectivity index (χ0n) is 25.9. The second-order valence-corrected chi connectivity index (χ2v) is 12.5. The molecule has 10 nitrogen and oxygen atoms in total. The molecule has 11 heteroatoms. The maximum atomic E-state index is 14.8. The number of ether oxygens (including phenoxy) is 1. The molecule has 1 saturated carbocycles. The molecular formula is C36H35FN8O2. The number of hydrogen-bond acceptors (Lipinski definition) is 7. The summed E-state index contributed by atoms with van der Waals surface area (Å²) in [4.78, 5) is 32.7. The summed E-state index contributed by atoms with van der Waals surface area (Å²) in [5.41, 5.74) is 7.03. The third-order valence-electron chi connectivity index (χ3n) is 9.23. The fourth-order valence-corrected chi connectivity index (χ4v) is 6.78. The smallest absolute Gasteiger partial charge is 0.227 e. The number of H-pyrrole nitrogens is 2. The molecule has 3 N–H and O–H groups in total. The molecule has 0 spiro atoms. The van der Waals surface area contributed by atoms with Crippen LogP contribution in [0.4, 0.5) is 10.1 Å². The summed E-state index contributed by atoms with van der Waals surface area (Å²) in [5, 5.41) is 10.6. The summed E-state index contributed by atoms with van der Waals surface area (Å²) in [5.74, 6) is 0.784. The van der Waals surface area contributed by atoms with E-state index in [0.717, 1.165) is 67.5 Å². The van der Waals surface area contributed by atoms with E-state index in [1.807, 2.05) is 42.5 Å². The number of aromatic nitrogens is 6. The number of anilines is 1. The van der Waals surface area contributed by atoms with E-state index in [1.165, 1.54) is 25.0 Å². The third kappa shape index (κ3) is 6.06. The molecule has 1 amide bonds. The summed E-state index contributed by atoms with van der Waals surface area (Å²) < 4.78 is 20.8. The fraction of sp³-hybridized carbons (Fsp3) is 0.306. The van der Waals surface area contributed by atoms with Gasteiger partial charge in [-0.15, -0.1) is 0 Å². The molecule has 2 fully saturated rings. The molecule has 2 aliphatic rings. The first kappa shape index (κ1) is 29.3. The highest BCUT2D eigenvalue weighted by Crippen LogP contribution is 2.34. The van der Waals surface area contributed by atoms with Gasteiger partial charge in [-0.3, -0.25) is 19.8 Å². The molecule has 0 radical (unpaired) electrons. The van der Waals surface area contributed by atoms with Crippen molar-refractivity contribution in [3.63, 3.8) is 0 Å². The van der Waals surface area contributed by atoms with Gasteiger partial charge in [0.05, 0.1) is 34.1 Å². The van der Waals surface area contributed by atoms with Crippen molar-refractivity contribution in [1.82, 2.24) is 35.0 Å². The van der Waals surface area contributed by atoms with Gasteiger partial charge in [0.1, 0.15) is 23.7 Å². The average Bonchev–Trinajstić information content (AvgIpc) is 3.91. The normalized spacial score (nSPS) is 15.6. The summed E-state index contributed by atoms with van der Waals surface area (Å²) in [6.45, 7) is 3.52. The summed E-state index contributed by atoms with van der Waals surface area (Å²) in [6.07, 6.45) is 9.89. The number of carbonyl (C=O) groups is 1. The van der Waals surface area contributed by atoms with Gasteiger partial charge >= 0.3 is 0 Å². The minimum absolute atomic E-state index is 0.0470. The molecule has 1 aliphatic heterocycles. The molecule has 0 atom stereocenters. The predicted octanol–water partition coefficient (Wildman–Crippen LogP) is 6.97. The van der Waals surface area contributed by atoms with Crippen LogP contribution in [0.3, 0.4) is 0 Å². The lowest BCUT2D eigenvalue weighted by Crippen LogP contribution is -2.25. The molecule has 2 aromatic carbocycles. The lowest BCUT2D eigenvalue weighted by molar-refractivity contribution is -0.119. The van der Waals surface area contributed by atoms with Crippen molar-refractivity contribution < 1.29 is 13.9 Å². The quantitative estimate of drug-likeness (QED) is 0.158. The highest BCUT2D eigenvalue weighted by molar-refractivity contribution is 5.97. The van der Waals surface area contributed by atoms with Gasteiger partial charge in [0.15, 0.2) is 11.5 Å². The van der Waals surface area contributed by atoms with Gasteiger partial charge in [0.2, 0.25) is 5.91 Å². The van der Waals surface area contributed by atoms with E-state index in [1.54, 1.807) is 12.4 Å². The van der Waals surface area contributed by atoms with Crippen LogP contribution in [-0.2, 0) is 4.79 Å². The van der Waals surface area contributed by atoms with Crippen molar-refractivity contribution in [3.8, 4) is 39.7 Å². The maximum absolute atomic E-state index is 14.8. The number of aromatic amines is 2. The second kappa shape index (κ2) is 12.6. The number of para-hydroxylation sites is 1. The highest BCUT2D eigenvalue weighted by Gasteiger charge is 2.23. The van der Waals surface area contributed by atoms with Crippen LogP contribution < -0.4 is 10.1 Å². The zero-order valence-corrected chi connectivity index (χ0v) is 25.9. The van der Waals surface area contributed by atoms with Gasteiger partial charge in [-0.05, 0) is 80.7 Å². The van der Waals surface area contributed by atoms with Crippen molar-refractivity contribution in [2.75, 3.05) is 31.6 Å². The summed E-state index contributed by atoms with van der Waals surface area (Å²) in [6, 6.07) is 16.3. The Morgan fingerprint density at radius 1 is 0.936 bits per heavy atom. The molecule has 4 aromatic heterocycles. The van der Waals surface area contributed by atoms with Gasteiger partial charge in [-0.1, -0.05) is 25.0 Å². The number of amides is 1. The number of imidazole rings is 1. The largest absolute Gasteiger partial charge is 0.492 e. The number of rotatable bonds is 9. The van der Waals surface area contributed by atoms with E-state index in [0.29, 0.717) is 51.9 Å². The van der Waals surface area contributed by atoms with Crippen molar-refractivity contribution in [2.24, 2.45) is 5.92 Å². The van der Waals surface area contributed by atoms with Crippen LogP contribution in [0.5, 0.6) is 5.75 Å². The van der Waals surface area contributed by atoms with E-state index >= 15 is 0 Å². The van der Waals surface area contributed by atoms with E-state index in [-0.39, 0.29) is 17.6 Å². The monoisotopic (exact) mass is 630 g/mol. The molecule has 0 bridgehead atoms. The first-order valence-electron chi connectivity index (χ1n) is 16.3. The van der Waals surface area contributed by atoms with E-state index in [2.05, 4.69) is 30.4 Å². The highest BCUT2D eigenvalue weighted by atomic mass is 19.1. The number of halogens is 1. The Kier molecular flexibility index (Phi) is 7.82. The number of hydrogen-bond donors (Lipinski definition) is 3. The van der Waals surface area contributed by atoms with Gasteiger partial charge in [0.25, 0.3) is 0 Å². The van der Waals surface area contributed by atoms with Crippen molar-refractivity contribution >= 4 is 33.7 Å². The SMILES string of the molecule is O=C(Nc1cncc(-c2ccc3[nH]nc(-c4nc5c(-c6cc(F)cc(OCCN7CCCC7)c6)cccc5[nH]4)c3n2)c1)C1CCCC1. The van der Waals surface area contributed by atoms with E-state index in [9.17, 15) is 9.18 Å². The minimum Gasteiger partial charge on any atom is -0.492 e. The first-order chi connectivity index (χ1) is 23.1. The Bertz CT molecular complexity index is 2080. The number of pyridine rings is 2. The molecule has 8 rings (SSSR count). The van der Waals surface area contributed by atoms with Gasteiger partial charge in [-0.2, -0.15) is 5.10 Å². The number of likely N-dealkylation sites (tertiary alicyclic amines) is 1. The third-order valence-corrected chi connectivity index (χ3v) is 9.23.